The molecule has 0 radical (unpaired) electrons. The average molecular weight is 503 g/mol. The maximum atomic E-state index is 13.5. The molecule has 0 spiro atoms. The molecule has 3 heterocycles. The molecule has 0 saturated carbocycles. The van der Waals surface area contributed by atoms with Crippen LogP contribution in [0.25, 0.3) is 16.7 Å². The molecule has 36 heavy (non-hydrogen) atoms. The summed E-state index contributed by atoms with van der Waals surface area (Å²) < 4.78 is 46.3. The third-order valence-corrected chi connectivity index (χ3v) is 6.63. The van der Waals surface area contributed by atoms with Gasteiger partial charge in [-0.1, -0.05) is 6.07 Å². The van der Waals surface area contributed by atoms with Gasteiger partial charge in [-0.2, -0.15) is 13.2 Å². The SMILES string of the molecule is CCOC(=O)N(C)C1CCN(CCc2cc3cccnc3n(-c3cccc(C(F)(F)F)c3)c2=O)CC1. The first-order chi connectivity index (χ1) is 17.2. The summed E-state index contributed by atoms with van der Waals surface area (Å²) in [7, 11) is 1.75. The van der Waals surface area contributed by atoms with Gasteiger partial charge in [-0.05, 0) is 62.6 Å². The van der Waals surface area contributed by atoms with Crippen LogP contribution in [0.2, 0.25) is 0 Å². The maximum absolute atomic E-state index is 13.5. The van der Waals surface area contributed by atoms with Crippen molar-refractivity contribution >= 4 is 17.1 Å². The fourth-order valence-corrected chi connectivity index (χ4v) is 4.62. The molecule has 3 aromatic rings. The Balaban J connectivity index is 1.54. The molecule has 2 aromatic heterocycles. The van der Waals surface area contributed by atoms with Gasteiger partial charge < -0.3 is 14.5 Å². The number of ether oxygens (including phenoxy) is 1. The second kappa shape index (κ2) is 10.7. The third-order valence-electron chi connectivity index (χ3n) is 6.63. The van der Waals surface area contributed by atoms with E-state index < -0.39 is 11.7 Å². The molecule has 1 saturated heterocycles. The highest BCUT2D eigenvalue weighted by molar-refractivity contribution is 5.77. The summed E-state index contributed by atoms with van der Waals surface area (Å²) in [6.45, 7) is 4.27. The molecule has 1 aromatic carbocycles. The van der Waals surface area contributed by atoms with Crippen LogP contribution in [0.5, 0.6) is 0 Å². The van der Waals surface area contributed by atoms with Gasteiger partial charge in [-0.25, -0.2) is 9.78 Å². The Morgan fingerprint density at radius 3 is 2.61 bits per heavy atom. The van der Waals surface area contributed by atoms with E-state index in [0.717, 1.165) is 38.1 Å². The van der Waals surface area contributed by atoms with E-state index in [9.17, 15) is 22.8 Å². The monoisotopic (exact) mass is 502 g/mol. The number of rotatable bonds is 6. The summed E-state index contributed by atoms with van der Waals surface area (Å²) in [5.74, 6) is 0. The normalized spacial score (nSPS) is 15.2. The van der Waals surface area contributed by atoms with Gasteiger partial charge in [0.2, 0.25) is 0 Å². The first kappa shape index (κ1) is 25.7. The van der Waals surface area contributed by atoms with Crippen molar-refractivity contribution in [3.05, 3.63) is 70.1 Å². The van der Waals surface area contributed by atoms with E-state index in [4.69, 9.17) is 4.74 Å². The zero-order valence-corrected chi connectivity index (χ0v) is 20.3. The summed E-state index contributed by atoms with van der Waals surface area (Å²) in [5.41, 5.74) is -0.246. The number of carbonyl (C=O) groups excluding carboxylic acids is 1. The summed E-state index contributed by atoms with van der Waals surface area (Å²) in [6, 6.07) is 10.1. The van der Waals surface area contributed by atoms with E-state index in [1.807, 2.05) is 0 Å². The van der Waals surface area contributed by atoms with E-state index in [2.05, 4.69) is 9.88 Å². The fraction of sp³-hybridized carbons (Fsp3) is 0.423. The number of fused-ring (bicyclic) bond motifs is 1. The lowest BCUT2D eigenvalue weighted by molar-refractivity contribution is -0.137. The zero-order valence-electron chi connectivity index (χ0n) is 20.3. The Hall–Kier alpha value is -3.40. The molecule has 4 rings (SSSR count). The lowest BCUT2D eigenvalue weighted by Gasteiger charge is -2.36. The van der Waals surface area contributed by atoms with Gasteiger partial charge in [0.15, 0.2) is 0 Å². The van der Waals surface area contributed by atoms with Crippen molar-refractivity contribution in [3.8, 4) is 5.69 Å². The Bertz CT molecular complexity index is 1280. The van der Waals surface area contributed by atoms with Crippen LogP contribution in [0, 0.1) is 0 Å². The molecule has 1 amide bonds. The Kier molecular flexibility index (Phi) is 7.63. The van der Waals surface area contributed by atoms with E-state index in [1.165, 1.54) is 22.9 Å². The number of nitrogens with zero attached hydrogens (tertiary/aromatic N) is 4. The van der Waals surface area contributed by atoms with Crippen LogP contribution in [0.4, 0.5) is 18.0 Å². The lowest BCUT2D eigenvalue weighted by Crippen LogP contribution is -2.46. The van der Waals surface area contributed by atoms with Gasteiger partial charge in [-0.15, -0.1) is 0 Å². The van der Waals surface area contributed by atoms with Crippen LogP contribution < -0.4 is 5.56 Å². The van der Waals surface area contributed by atoms with Crippen molar-refractivity contribution in [2.45, 2.75) is 38.4 Å². The number of carbonyl (C=O) groups is 1. The molecule has 0 bridgehead atoms. The van der Waals surface area contributed by atoms with Crippen molar-refractivity contribution in [1.82, 2.24) is 19.4 Å². The maximum Gasteiger partial charge on any atom is 0.416 e. The van der Waals surface area contributed by atoms with Gasteiger partial charge in [0, 0.05) is 49.9 Å². The highest BCUT2D eigenvalue weighted by Crippen LogP contribution is 2.30. The lowest BCUT2D eigenvalue weighted by atomic mass is 10.0. The number of alkyl halides is 3. The molecular formula is C26H29F3N4O3. The summed E-state index contributed by atoms with van der Waals surface area (Å²) in [5, 5.41) is 0.680. The van der Waals surface area contributed by atoms with Crippen molar-refractivity contribution < 1.29 is 22.7 Å². The Labute approximate surface area is 207 Å². The number of likely N-dealkylation sites (tertiary alicyclic amines) is 1. The van der Waals surface area contributed by atoms with Gasteiger partial charge in [-0.3, -0.25) is 9.36 Å². The van der Waals surface area contributed by atoms with Crippen LogP contribution in [-0.2, 0) is 17.3 Å². The quantitative estimate of drug-likeness (QED) is 0.497. The molecule has 1 fully saturated rings. The minimum atomic E-state index is -4.52. The topological polar surface area (TPSA) is 67.7 Å². The molecule has 7 nitrogen and oxygen atoms in total. The largest absolute Gasteiger partial charge is 0.450 e. The zero-order chi connectivity index (χ0) is 25.9. The standard InChI is InChI=1S/C26H29F3N4O3/c1-3-36-25(35)31(2)21-10-14-32(15-11-21)13-9-19-16-18-6-5-12-30-23(18)33(24(19)34)22-8-4-7-20(17-22)26(27,28)29/h4-8,12,16-17,21H,3,9-11,13-15H2,1-2H3. The molecule has 0 N–H and O–H groups in total. The van der Waals surface area contributed by atoms with E-state index in [1.54, 1.807) is 37.1 Å². The van der Waals surface area contributed by atoms with Gasteiger partial charge in [0.05, 0.1) is 17.9 Å². The number of aromatic nitrogens is 2. The van der Waals surface area contributed by atoms with Crippen molar-refractivity contribution in [1.29, 1.82) is 0 Å². The van der Waals surface area contributed by atoms with E-state index >= 15 is 0 Å². The third kappa shape index (κ3) is 5.53. The van der Waals surface area contributed by atoms with Crippen molar-refractivity contribution in [3.63, 3.8) is 0 Å². The van der Waals surface area contributed by atoms with Crippen molar-refractivity contribution in [2.24, 2.45) is 0 Å². The molecular weight excluding hydrogens is 473 g/mol. The first-order valence-electron chi connectivity index (χ1n) is 12.0. The Morgan fingerprint density at radius 2 is 1.92 bits per heavy atom. The molecule has 0 aliphatic carbocycles. The number of piperidine rings is 1. The van der Waals surface area contributed by atoms with Gasteiger partial charge >= 0.3 is 12.3 Å². The summed E-state index contributed by atoms with van der Waals surface area (Å²) in [6.07, 6.45) is -1.29. The molecule has 1 aliphatic heterocycles. The fourth-order valence-electron chi connectivity index (χ4n) is 4.62. The van der Waals surface area contributed by atoms with E-state index in [-0.39, 0.29) is 23.4 Å². The van der Waals surface area contributed by atoms with Crippen LogP contribution in [0.1, 0.15) is 30.9 Å². The molecule has 0 unspecified atom stereocenters. The van der Waals surface area contributed by atoms with Gasteiger partial charge in [0.1, 0.15) is 5.65 Å². The van der Waals surface area contributed by atoms with Crippen LogP contribution >= 0.6 is 0 Å². The Morgan fingerprint density at radius 1 is 1.17 bits per heavy atom. The number of pyridine rings is 2. The average Bonchev–Trinajstić information content (AvgIpc) is 2.87. The number of hydrogen-bond donors (Lipinski definition) is 0. The van der Waals surface area contributed by atoms with Gasteiger partial charge in [0.25, 0.3) is 5.56 Å². The van der Waals surface area contributed by atoms with Crippen molar-refractivity contribution in [2.75, 3.05) is 33.3 Å². The minimum Gasteiger partial charge on any atom is -0.450 e. The smallest absolute Gasteiger partial charge is 0.416 e. The molecule has 10 heteroatoms. The van der Waals surface area contributed by atoms with E-state index in [0.29, 0.717) is 36.2 Å². The highest BCUT2D eigenvalue weighted by Gasteiger charge is 2.31. The molecule has 192 valence electrons. The van der Waals surface area contributed by atoms with Crippen LogP contribution in [0.15, 0.2) is 53.5 Å². The van der Waals surface area contributed by atoms with Crippen LogP contribution in [-0.4, -0.2) is 64.8 Å². The molecule has 0 atom stereocenters. The second-order valence-electron chi connectivity index (χ2n) is 8.91. The number of benzene rings is 1. The highest BCUT2D eigenvalue weighted by atomic mass is 19.4. The summed E-state index contributed by atoms with van der Waals surface area (Å²) >= 11 is 0. The second-order valence-corrected chi connectivity index (χ2v) is 8.91. The number of amides is 1. The number of halogens is 3. The predicted octanol–water partition coefficient (Wildman–Crippen LogP) is 4.50. The predicted molar refractivity (Wildman–Crippen MR) is 130 cm³/mol. The van der Waals surface area contributed by atoms with Crippen LogP contribution in [0.3, 0.4) is 0 Å². The minimum absolute atomic E-state index is 0.102. The first-order valence-corrected chi connectivity index (χ1v) is 12.0. The summed E-state index contributed by atoms with van der Waals surface area (Å²) in [4.78, 5) is 33.6. The molecule has 1 aliphatic rings. The number of hydrogen-bond acceptors (Lipinski definition) is 5.